The maximum Gasteiger partial charge on any atom is 0.129 e. The minimum atomic E-state index is -0.0361. The lowest BCUT2D eigenvalue weighted by molar-refractivity contribution is 0.428. The first kappa shape index (κ1) is 11.5. The number of benzene rings is 1. The Bertz CT molecular complexity index is 411. The van der Waals surface area contributed by atoms with Gasteiger partial charge in [-0.15, -0.1) is 0 Å². The van der Waals surface area contributed by atoms with E-state index in [-0.39, 0.29) is 5.50 Å². The molecule has 0 aromatic heterocycles. The summed E-state index contributed by atoms with van der Waals surface area (Å²) in [6.45, 7) is 4.48. The highest BCUT2D eigenvalue weighted by atomic mass is 35.5. The van der Waals surface area contributed by atoms with E-state index in [1.165, 1.54) is 23.1 Å². The molecule has 0 radical (unpaired) electrons. The molecule has 1 aliphatic heterocycles. The summed E-state index contributed by atoms with van der Waals surface area (Å²) in [5, 5.41) is 0. The van der Waals surface area contributed by atoms with Gasteiger partial charge in [0.1, 0.15) is 5.50 Å². The van der Waals surface area contributed by atoms with Crippen LogP contribution in [-0.2, 0) is 0 Å². The van der Waals surface area contributed by atoms with Gasteiger partial charge in [-0.25, -0.2) is 0 Å². The molecule has 0 amide bonds. The summed E-state index contributed by atoms with van der Waals surface area (Å²) in [6.07, 6.45) is 5.35. The van der Waals surface area contributed by atoms with E-state index in [2.05, 4.69) is 38.1 Å². The Kier molecular flexibility index (Phi) is 3.25. The van der Waals surface area contributed by atoms with Gasteiger partial charge >= 0.3 is 0 Å². The van der Waals surface area contributed by atoms with Gasteiger partial charge in [0.25, 0.3) is 0 Å². The van der Waals surface area contributed by atoms with Crippen LogP contribution < -0.4 is 0 Å². The molecule has 1 aromatic rings. The van der Waals surface area contributed by atoms with Crippen molar-refractivity contribution >= 4 is 17.7 Å². The Morgan fingerprint density at radius 1 is 1.44 bits per heavy atom. The van der Waals surface area contributed by atoms with Crippen LogP contribution in [0.25, 0.3) is 6.08 Å². The molecule has 16 heavy (non-hydrogen) atoms. The van der Waals surface area contributed by atoms with Gasteiger partial charge in [-0.2, -0.15) is 0 Å². The van der Waals surface area contributed by atoms with E-state index >= 15 is 0 Å². The lowest BCUT2D eigenvalue weighted by Gasteiger charge is -2.27. The topological polar surface area (TPSA) is 3.24 Å². The van der Waals surface area contributed by atoms with E-state index in [1.54, 1.807) is 0 Å². The third-order valence-corrected chi connectivity index (χ3v) is 3.94. The van der Waals surface area contributed by atoms with Gasteiger partial charge in [-0.1, -0.05) is 43.6 Å². The molecule has 0 spiro atoms. The molecule has 2 unspecified atom stereocenters. The molecule has 0 saturated heterocycles. The van der Waals surface area contributed by atoms with Crippen molar-refractivity contribution in [2.24, 2.45) is 0 Å². The van der Waals surface area contributed by atoms with Crippen molar-refractivity contribution in [3.05, 3.63) is 41.1 Å². The number of halogens is 1. The van der Waals surface area contributed by atoms with Crippen LogP contribution in [0.5, 0.6) is 0 Å². The lowest BCUT2D eigenvalue weighted by Crippen LogP contribution is -2.18. The Balaban J connectivity index is 2.39. The molecule has 86 valence electrons. The molecule has 0 bridgehead atoms. The van der Waals surface area contributed by atoms with Crippen LogP contribution in [0.15, 0.2) is 24.4 Å². The van der Waals surface area contributed by atoms with Gasteiger partial charge in [-0.05, 0) is 35.1 Å². The van der Waals surface area contributed by atoms with Crippen molar-refractivity contribution in [3.63, 3.8) is 0 Å². The Morgan fingerprint density at radius 3 is 2.88 bits per heavy atom. The number of hydrogen-bond acceptors (Lipinski definition) is 1. The van der Waals surface area contributed by atoms with Crippen LogP contribution in [0.3, 0.4) is 0 Å². The number of alkyl halides is 1. The summed E-state index contributed by atoms with van der Waals surface area (Å²) < 4.78 is 0. The average molecular weight is 236 g/mol. The molecule has 2 rings (SSSR count). The van der Waals surface area contributed by atoms with Crippen molar-refractivity contribution in [1.29, 1.82) is 0 Å². The van der Waals surface area contributed by atoms with E-state index in [0.29, 0.717) is 5.92 Å². The first-order valence-corrected chi connectivity index (χ1v) is 6.25. The Morgan fingerprint density at radius 2 is 2.19 bits per heavy atom. The minimum Gasteiger partial charge on any atom is -0.361 e. The average Bonchev–Trinajstić information content (AvgIpc) is 2.32. The second-order valence-corrected chi connectivity index (χ2v) is 4.93. The van der Waals surface area contributed by atoms with Gasteiger partial charge in [0.15, 0.2) is 0 Å². The van der Waals surface area contributed by atoms with Crippen molar-refractivity contribution in [2.45, 2.75) is 31.7 Å². The molecular formula is C14H18ClN. The third kappa shape index (κ3) is 1.97. The van der Waals surface area contributed by atoms with Gasteiger partial charge < -0.3 is 4.90 Å². The predicted molar refractivity (Wildman–Crippen MR) is 70.5 cm³/mol. The smallest absolute Gasteiger partial charge is 0.129 e. The van der Waals surface area contributed by atoms with E-state index in [0.717, 1.165) is 0 Å². The van der Waals surface area contributed by atoms with Gasteiger partial charge in [0.2, 0.25) is 0 Å². The zero-order valence-electron chi connectivity index (χ0n) is 10.1. The summed E-state index contributed by atoms with van der Waals surface area (Å²) in [4.78, 5) is 2.02. The monoisotopic (exact) mass is 235 g/mol. The number of nitrogens with zero attached hydrogens (tertiary/aromatic N) is 1. The zero-order valence-corrected chi connectivity index (χ0v) is 10.8. The maximum atomic E-state index is 6.34. The van der Waals surface area contributed by atoms with Crippen LogP contribution >= 0.6 is 11.6 Å². The number of fused-ring (bicyclic) bond motifs is 1. The van der Waals surface area contributed by atoms with Crippen LogP contribution in [0.4, 0.5) is 0 Å². The summed E-state index contributed by atoms with van der Waals surface area (Å²) in [6, 6.07) is 6.63. The molecule has 1 aromatic carbocycles. The largest absolute Gasteiger partial charge is 0.361 e. The number of rotatable bonds is 2. The lowest BCUT2D eigenvalue weighted by atomic mass is 9.93. The molecule has 2 heteroatoms. The fourth-order valence-electron chi connectivity index (χ4n) is 1.99. The second kappa shape index (κ2) is 4.50. The molecule has 1 heterocycles. The van der Waals surface area contributed by atoms with Crippen molar-refractivity contribution in [3.8, 4) is 0 Å². The first-order chi connectivity index (χ1) is 7.63. The van der Waals surface area contributed by atoms with Crippen LogP contribution in [0.1, 0.15) is 48.4 Å². The third-order valence-electron chi connectivity index (χ3n) is 3.40. The molecule has 0 N–H and O–H groups in total. The van der Waals surface area contributed by atoms with Crippen LogP contribution in [-0.4, -0.2) is 11.9 Å². The summed E-state index contributed by atoms with van der Waals surface area (Å²) >= 11 is 6.34. The van der Waals surface area contributed by atoms with Crippen molar-refractivity contribution in [1.82, 2.24) is 4.90 Å². The molecule has 0 aliphatic carbocycles. The Labute approximate surface area is 103 Å². The van der Waals surface area contributed by atoms with Crippen molar-refractivity contribution in [2.75, 3.05) is 7.05 Å². The zero-order chi connectivity index (χ0) is 11.7. The number of hydrogen-bond donors (Lipinski definition) is 0. The van der Waals surface area contributed by atoms with Crippen molar-refractivity contribution < 1.29 is 0 Å². The van der Waals surface area contributed by atoms with Crippen LogP contribution in [0.2, 0.25) is 0 Å². The van der Waals surface area contributed by atoms with Gasteiger partial charge in [-0.3, -0.25) is 0 Å². The molecule has 0 saturated carbocycles. The van der Waals surface area contributed by atoms with Crippen LogP contribution in [0, 0.1) is 0 Å². The maximum absolute atomic E-state index is 6.34. The highest BCUT2D eigenvalue weighted by Crippen LogP contribution is 2.34. The van der Waals surface area contributed by atoms with E-state index < -0.39 is 0 Å². The first-order valence-electron chi connectivity index (χ1n) is 5.81. The van der Waals surface area contributed by atoms with Gasteiger partial charge in [0, 0.05) is 13.2 Å². The summed E-state index contributed by atoms with van der Waals surface area (Å²) in [7, 11) is 2.00. The summed E-state index contributed by atoms with van der Waals surface area (Å²) in [5.41, 5.74) is 3.83. The van der Waals surface area contributed by atoms with E-state index in [1.807, 2.05) is 18.1 Å². The normalized spacial score (nSPS) is 20.8. The van der Waals surface area contributed by atoms with E-state index in [9.17, 15) is 0 Å². The molecule has 1 aliphatic rings. The molecule has 0 fully saturated rings. The van der Waals surface area contributed by atoms with E-state index in [4.69, 9.17) is 11.6 Å². The molecule has 2 atom stereocenters. The highest BCUT2D eigenvalue weighted by molar-refractivity contribution is 6.21. The SMILES string of the molecule is CCC(C)c1ccc2c(c1)C=CN(C)C2Cl. The fraction of sp³-hybridized carbons (Fsp3) is 0.429. The molecular weight excluding hydrogens is 218 g/mol. The second-order valence-electron chi connectivity index (χ2n) is 4.51. The van der Waals surface area contributed by atoms with Gasteiger partial charge in [0.05, 0.1) is 0 Å². The summed E-state index contributed by atoms with van der Waals surface area (Å²) in [5.74, 6) is 0.618. The standard InChI is InChI=1S/C14H18ClN/c1-4-10(2)11-5-6-13-12(9-11)7-8-16(3)14(13)15/h5-10,14H,4H2,1-3H3. The molecule has 1 nitrogen and oxygen atoms in total. The minimum absolute atomic E-state index is 0.0361. The quantitative estimate of drug-likeness (QED) is 0.544. The highest BCUT2D eigenvalue weighted by Gasteiger charge is 2.18. The fourth-order valence-corrected chi connectivity index (χ4v) is 2.25. The Hall–Kier alpha value is -0.950. The predicted octanol–water partition coefficient (Wildman–Crippen LogP) is 4.35.